The largest absolute Gasteiger partial charge is 0.376 e. The molecule has 5 heteroatoms. The number of likely N-dealkylation sites (N-methyl/N-ethyl adjacent to an activating group) is 1. The molecule has 0 amide bonds. The van der Waals surface area contributed by atoms with Crippen LogP contribution in [-0.4, -0.2) is 30.8 Å². The molecule has 2 rings (SSSR count). The van der Waals surface area contributed by atoms with E-state index in [9.17, 15) is 0 Å². The third kappa shape index (κ3) is 2.54. The first-order valence-electron chi connectivity index (χ1n) is 5.82. The fourth-order valence-electron chi connectivity index (χ4n) is 2.22. The van der Waals surface area contributed by atoms with E-state index in [4.69, 9.17) is 22.1 Å². The highest BCUT2D eigenvalue weighted by atomic mass is 35.5. The molecule has 0 spiro atoms. The zero-order valence-corrected chi connectivity index (χ0v) is 10.9. The van der Waals surface area contributed by atoms with Crippen LogP contribution in [0.4, 0.5) is 5.82 Å². The van der Waals surface area contributed by atoms with Crippen molar-refractivity contribution in [2.24, 2.45) is 5.73 Å². The molecule has 1 fully saturated rings. The second-order valence-electron chi connectivity index (χ2n) is 4.38. The lowest BCUT2D eigenvalue weighted by Gasteiger charge is -2.28. The van der Waals surface area contributed by atoms with Crippen LogP contribution in [0.2, 0.25) is 5.02 Å². The van der Waals surface area contributed by atoms with Gasteiger partial charge in [0, 0.05) is 26.4 Å². The molecule has 94 valence electrons. The maximum absolute atomic E-state index is 6.00. The van der Waals surface area contributed by atoms with Gasteiger partial charge in [0.1, 0.15) is 5.82 Å². The van der Waals surface area contributed by atoms with Gasteiger partial charge in [-0.15, -0.1) is 0 Å². The van der Waals surface area contributed by atoms with Gasteiger partial charge in [-0.05, 0) is 25.0 Å². The van der Waals surface area contributed by atoms with Crippen LogP contribution in [0.5, 0.6) is 0 Å². The lowest BCUT2D eigenvalue weighted by atomic mass is 10.1. The van der Waals surface area contributed by atoms with Gasteiger partial charge in [-0.1, -0.05) is 11.6 Å². The first-order valence-corrected chi connectivity index (χ1v) is 6.20. The molecule has 0 saturated carbocycles. The number of hydrogen-bond donors (Lipinski definition) is 1. The number of halogens is 1. The van der Waals surface area contributed by atoms with E-state index in [0.29, 0.717) is 17.6 Å². The average Bonchev–Trinajstić information content (AvgIpc) is 2.75. The zero-order valence-electron chi connectivity index (χ0n) is 10.2. The van der Waals surface area contributed by atoms with Gasteiger partial charge in [0.15, 0.2) is 0 Å². The van der Waals surface area contributed by atoms with E-state index in [-0.39, 0.29) is 6.10 Å². The van der Waals surface area contributed by atoms with Gasteiger partial charge < -0.3 is 15.4 Å². The number of ether oxygens (including phenoxy) is 1. The van der Waals surface area contributed by atoms with Crippen LogP contribution in [0.25, 0.3) is 0 Å². The summed E-state index contributed by atoms with van der Waals surface area (Å²) in [6, 6.07) is 2.32. The first-order chi connectivity index (χ1) is 8.13. The molecule has 1 aromatic heterocycles. The normalized spacial score (nSPS) is 24.0. The summed E-state index contributed by atoms with van der Waals surface area (Å²) in [6.45, 7) is 3.33. The lowest BCUT2D eigenvalue weighted by Crippen LogP contribution is -2.37. The number of anilines is 1. The fraction of sp³-hybridized carbons (Fsp3) is 0.583. The molecule has 2 heterocycles. The van der Waals surface area contributed by atoms with Crippen LogP contribution in [0.1, 0.15) is 18.9 Å². The van der Waals surface area contributed by atoms with Crippen LogP contribution in [-0.2, 0) is 11.3 Å². The molecule has 2 unspecified atom stereocenters. The molecular weight excluding hydrogens is 238 g/mol. The summed E-state index contributed by atoms with van der Waals surface area (Å²) in [5, 5.41) is 0.625. The van der Waals surface area contributed by atoms with Gasteiger partial charge in [0.05, 0.1) is 17.2 Å². The van der Waals surface area contributed by atoms with E-state index in [1.807, 2.05) is 13.1 Å². The van der Waals surface area contributed by atoms with Gasteiger partial charge in [0.2, 0.25) is 0 Å². The average molecular weight is 256 g/mol. The van der Waals surface area contributed by atoms with E-state index >= 15 is 0 Å². The molecule has 1 aromatic rings. The minimum Gasteiger partial charge on any atom is -0.376 e. The molecule has 1 aliphatic heterocycles. The third-order valence-corrected chi connectivity index (χ3v) is 3.68. The van der Waals surface area contributed by atoms with E-state index in [1.54, 1.807) is 6.20 Å². The summed E-state index contributed by atoms with van der Waals surface area (Å²) in [5.74, 6) is 0.900. The molecule has 0 aromatic carbocycles. The second kappa shape index (κ2) is 5.21. The van der Waals surface area contributed by atoms with Gasteiger partial charge in [0.25, 0.3) is 0 Å². The molecule has 0 radical (unpaired) electrons. The van der Waals surface area contributed by atoms with Crippen molar-refractivity contribution < 1.29 is 4.74 Å². The first kappa shape index (κ1) is 12.6. The summed E-state index contributed by atoms with van der Waals surface area (Å²) in [5.41, 5.74) is 6.57. The van der Waals surface area contributed by atoms with Crippen molar-refractivity contribution in [3.05, 3.63) is 22.8 Å². The Kier molecular flexibility index (Phi) is 3.86. The third-order valence-electron chi connectivity index (χ3n) is 3.34. The zero-order chi connectivity index (χ0) is 12.4. The highest BCUT2D eigenvalue weighted by Gasteiger charge is 2.28. The van der Waals surface area contributed by atoms with Crippen LogP contribution >= 0.6 is 11.6 Å². The summed E-state index contributed by atoms with van der Waals surface area (Å²) in [7, 11) is 2.03. The Balaban J connectivity index is 2.21. The summed E-state index contributed by atoms with van der Waals surface area (Å²) < 4.78 is 5.57. The highest BCUT2D eigenvalue weighted by Crippen LogP contribution is 2.25. The van der Waals surface area contributed by atoms with Gasteiger partial charge >= 0.3 is 0 Å². The number of rotatable bonds is 3. The van der Waals surface area contributed by atoms with Crippen LogP contribution in [0.15, 0.2) is 12.3 Å². The Morgan fingerprint density at radius 3 is 3.00 bits per heavy atom. The topological polar surface area (TPSA) is 51.4 Å². The quantitative estimate of drug-likeness (QED) is 0.895. The highest BCUT2D eigenvalue weighted by molar-refractivity contribution is 6.31. The summed E-state index contributed by atoms with van der Waals surface area (Å²) >= 11 is 6.00. The maximum atomic E-state index is 6.00. The molecular formula is C12H18ClN3O. The smallest absolute Gasteiger partial charge is 0.128 e. The maximum Gasteiger partial charge on any atom is 0.128 e. The SMILES string of the molecule is CC1OCCC1N(C)c1cc(CN)c(Cl)cn1. The van der Waals surface area contributed by atoms with E-state index in [2.05, 4.69) is 16.8 Å². The van der Waals surface area contributed by atoms with E-state index < -0.39 is 0 Å². The Morgan fingerprint density at radius 1 is 1.65 bits per heavy atom. The Bertz CT molecular complexity index is 399. The van der Waals surface area contributed by atoms with Crippen molar-refractivity contribution in [1.29, 1.82) is 0 Å². The molecule has 1 saturated heterocycles. The number of hydrogen-bond acceptors (Lipinski definition) is 4. The molecule has 1 aliphatic rings. The van der Waals surface area contributed by atoms with E-state index in [0.717, 1.165) is 24.4 Å². The standard InChI is InChI=1S/C12H18ClN3O/c1-8-11(3-4-17-8)16(2)12-5-9(6-14)10(13)7-15-12/h5,7-8,11H,3-4,6,14H2,1-2H3. The minimum atomic E-state index is 0.235. The van der Waals surface area contributed by atoms with Crippen molar-refractivity contribution >= 4 is 17.4 Å². The number of nitrogens with two attached hydrogens (primary N) is 1. The summed E-state index contributed by atoms with van der Waals surface area (Å²) in [4.78, 5) is 6.49. The minimum absolute atomic E-state index is 0.235. The fourth-order valence-corrected chi connectivity index (χ4v) is 2.40. The molecule has 0 aliphatic carbocycles. The van der Waals surface area contributed by atoms with Crippen molar-refractivity contribution in [3.8, 4) is 0 Å². The molecule has 17 heavy (non-hydrogen) atoms. The van der Waals surface area contributed by atoms with Crippen LogP contribution in [0, 0.1) is 0 Å². The van der Waals surface area contributed by atoms with Crippen molar-refractivity contribution in [1.82, 2.24) is 4.98 Å². The lowest BCUT2D eigenvalue weighted by molar-refractivity contribution is 0.118. The Labute approximate surface area is 107 Å². The number of aromatic nitrogens is 1. The second-order valence-corrected chi connectivity index (χ2v) is 4.79. The molecule has 0 bridgehead atoms. The van der Waals surface area contributed by atoms with E-state index in [1.165, 1.54) is 0 Å². The van der Waals surface area contributed by atoms with Gasteiger partial charge in [-0.2, -0.15) is 0 Å². The van der Waals surface area contributed by atoms with Gasteiger partial charge in [-0.3, -0.25) is 0 Å². The molecule has 2 N–H and O–H groups in total. The van der Waals surface area contributed by atoms with Crippen LogP contribution in [0.3, 0.4) is 0 Å². The number of nitrogens with zero attached hydrogens (tertiary/aromatic N) is 2. The van der Waals surface area contributed by atoms with Crippen molar-refractivity contribution in [2.45, 2.75) is 32.0 Å². The Hall–Kier alpha value is -0.840. The van der Waals surface area contributed by atoms with Gasteiger partial charge in [-0.25, -0.2) is 4.98 Å². The monoisotopic (exact) mass is 255 g/mol. The van der Waals surface area contributed by atoms with Crippen molar-refractivity contribution in [3.63, 3.8) is 0 Å². The predicted octanol–water partition coefficient (Wildman–Crippen LogP) is 1.81. The number of pyridine rings is 1. The van der Waals surface area contributed by atoms with Crippen LogP contribution < -0.4 is 10.6 Å². The predicted molar refractivity (Wildman–Crippen MR) is 69.4 cm³/mol. The molecule has 4 nitrogen and oxygen atoms in total. The molecule has 2 atom stereocenters. The summed E-state index contributed by atoms with van der Waals surface area (Å²) in [6.07, 6.45) is 2.93. The Morgan fingerprint density at radius 2 is 2.41 bits per heavy atom. The van der Waals surface area contributed by atoms with Crippen molar-refractivity contribution in [2.75, 3.05) is 18.6 Å².